The molecule has 0 aliphatic heterocycles. The van der Waals surface area contributed by atoms with E-state index in [2.05, 4.69) is 20.5 Å². The summed E-state index contributed by atoms with van der Waals surface area (Å²) in [4.78, 5) is 15.2. The summed E-state index contributed by atoms with van der Waals surface area (Å²) in [5.74, 6) is 1.25. The number of aryl methyl sites for hydroxylation is 1. The van der Waals surface area contributed by atoms with Crippen molar-refractivity contribution in [3.05, 3.63) is 11.6 Å². The molecule has 6 heteroatoms. The van der Waals surface area contributed by atoms with Crippen LogP contribution in [-0.2, 0) is 10.2 Å². The summed E-state index contributed by atoms with van der Waals surface area (Å²) >= 11 is 5.38. The molecule has 0 aliphatic rings. The van der Waals surface area contributed by atoms with Crippen LogP contribution in [0.2, 0.25) is 0 Å². The summed E-state index contributed by atoms with van der Waals surface area (Å²) in [5, 5.41) is 9.56. The van der Waals surface area contributed by atoms with E-state index in [0.29, 0.717) is 12.4 Å². The van der Waals surface area contributed by atoms with E-state index in [4.69, 9.17) is 11.6 Å². The summed E-state index contributed by atoms with van der Waals surface area (Å²) in [6.45, 7) is 6.23. The summed E-state index contributed by atoms with van der Waals surface area (Å²) < 4.78 is 0. The van der Waals surface area contributed by atoms with Gasteiger partial charge in [-0.1, -0.05) is 13.8 Å². The Morgan fingerprint density at radius 1 is 1.60 bits per heavy atom. The highest BCUT2D eigenvalue weighted by atomic mass is 35.5. The minimum Gasteiger partial charge on any atom is -0.354 e. The van der Waals surface area contributed by atoms with Gasteiger partial charge in [-0.05, 0) is 6.92 Å². The van der Waals surface area contributed by atoms with E-state index in [1.54, 1.807) is 0 Å². The molecule has 0 atom stereocenters. The van der Waals surface area contributed by atoms with Crippen molar-refractivity contribution >= 4 is 17.5 Å². The van der Waals surface area contributed by atoms with Crippen LogP contribution in [0.1, 0.15) is 25.5 Å². The van der Waals surface area contributed by atoms with Gasteiger partial charge in [0.25, 0.3) is 0 Å². The predicted octanol–water partition coefficient (Wildman–Crippen LogP) is 0.746. The summed E-state index contributed by atoms with van der Waals surface area (Å²) in [5.41, 5.74) is -0.299. The van der Waals surface area contributed by atoms with Gasteiger partial charge < -0.3 is 5.32 Å². The average Bonchev–Trinajstić information content (AvgIpc) is 2.62. The van der Waals surface area contributed by atoms with Crippen LogP contribution in [0.15, 0.2) is 0 Å². The SMILES string of the molecule is Cc1nc(C(C)(C)CNC(=O)CCl)n[nH]1. The number of halogens is 1. The topological polar surface area (TPSA) is 70.7 Å². The van der Waals surface area contributed by atoms with E-state index in [0.717, 1.165) is 5.82 Å². The van der Waals surface area contributed by atoms with Gasteiger partial charge in [-0.25, -0.2) is 4.98 Å². The first-order valence-corrected chi connectivity index (χ1v) is 5.21. The van der Waals surface area contributed by atoms with Gasteiger partial charge >= 0.3 is 0 Å². The number of nitrogens with one attached hydrogen (secondary N) is 2. The normalized spacial score (nSPS) is 11.5. The minimum absolute atomic E-state index is 0.0247. The Kier molecular flexibility index (Phi) is 3.68. The molecular weight excluding hydrogens is 216 g/mol. The van der Waals surface area contributed by atoms with Gasteiger partial charge in [0.15, 0.2) is 5.82 Å². The first-order chi connectivity index (χ1) is 6.95. The van der Waals surface area contributed by atoms with Gasteiger partial charge in [-0.2, -0.15) is 5.10 Å². The second-order valence-electron chi connectivity index (χ2n) is 4.04. The lowest BCUT2D eigenvalue weighted by molar-refractivity contribution is -0.118. The molecule has 15 heavy (non-hydrogen) atoms. The molecule has 0 radical (unpaired) electrons. The number of carbonyl (C=O) groups excluding carboxylic acids is 1. The Morgan fingerprint density at radius 2 is 2.27 bits per heavy atom. The maximum absolute atomic E-state index is 11.0. The molecule has 1 rings (SSSR count). The van der Waals surface area contributed by atoms with E-state index in [9.17, 15) is 4.79 Å². The molecule has 0 aliphatic carbocycles. The van der Waals surface area contributed by atoms with Crippen LogP contribution < -0.4 is 5.32 Å². The number of H-pyrrole nitrogens is 1. The van der Waals surface area contributed by atoms with Crippen molar-refractivity contribution in [3.63, 3.8) is 0 Å². The Hall–Kier alpha value is -1.10. The van der Waals surface area contributed by atoms with E-state index in [1.165, 1.54) is 0 Å². The van der Waals surface area contributed by atoms with Crippen molar-refractivity contribution in [3.8, 4) is 0 Å². The van der Waals surface area contributed by atoms with Crippen molar-refractivity contribution in [2.24, 2.45) is 0 Å². The van der Waals surface area contributed by atoms with Crippen molar-refractivity contribution in [1.29, 1.82) is 0 Å². The number of carbonyl (C=O) groups is 1. The number of rotatable bonds is 4. The van der Waals surface area contributed by atoms with Crippen LogP contribution in [0.3, 0.4) is 0 Å². The monoisotopic (exact) mass is 230 g/mol. The van der Waals surface area contributed by atoms with E-state index in [1.807, 2.05) is 20.8 Å². The fraction of sp³-hybridized carbons (Fsp3) is 0.667. The molecule has 1 amide bonds. The molecule has 1 aromatic heterocycles. The highest BCUT2D eigenvalue weighted by Gasteiger charge is 2.25. The molecule has 1 heterocycles. The highest BCUT2D eigenvalue weighted by Crippen LogP contribution is 2.17. The zero-order chi connectivity index (χ0) is 11.5. The molecule has 0 bridgehead atoms. The maximum atomic E-state index is 11.0. The van der Waals surface area contributed by atoms with Crippen LogP contribution in [0, 0.1) is 6.92 Å². The van der Waals surface area contributed by atoms with Gasteiger partial charge in [-0.15, -0.1) is 11.6 Å². The standard InChI is InChI=1S/C9H15ClN4O/c1-6-12-8(14-13-6)9(2,3)5-11-7(15)4-10/h4-5H2,1-3H3,(H,11,15)(H,12,13,14). The highest BCUT2D eigenvalue weighted by molar-refractivity contribution is 6.27. The first kappa shape index (κ1) is 12.0. The number of amides is 1. The summed E-state index contributed by atoms with van der Waals surface area (Å²) in [6.07, 6.45) is 0. The number of aromatic amines is 1. The van der Waals surface area contributed by atoms with Crippen molar-refractivity contribution in [2.75, 3.05) is 12.4 Å². The Bertz CT molecular complexity index is 348. The van der Waals surface area contributed by atoms with E-state index >= 15 is 0 Å². The third kappa shape index (κ3) is 3.20. The van der Waals surface area contributed by atoms with Gasteiger partial charge in [0, 0.05) is 12.0 Å². The average molecular weight is 231 g/mol. The fourth-order valence-corrected chi connectivity index (χ4v) is 1.19. The lowest BCUT2D eigenvalue weighted by Gasteiger charge is -2.20. The molecule has 2 N–H and O–H groups in total. The third-order valence-electron chi connectivity index (χ3n) is 2.05. The predicted molar refractivity (Wildman–Crippen MR) is 57.9 cm³/mol. The molecular formula is C9H15ClN4O. The Morgan fingerprint density at radius 3 is 2.73 bits per heavy atom. The summed E-state index contributed by atoms with van der Waals surface area (Å²) in [7, 11) is 0. The van der Waals surface area contributed by atoms with Crippen LogP contribution >= 0.6 is 11.6 Å². The minimum atomic E-state index is -0.299. The van der Waals surface area contributed by atoms with Gasteiger partial charge in [0.05, 0.1) is 0 Å². The van der Waals surface area contributed by atoms with Crippen LogP contribution in [0.4, 0.5) is 0 Å². The zero-order valence-corrected chi connectivity index (χ0v) is 9.85. The van der Waals surface area contributed by atoms with Gasteiger partial charge in [0.1, 0.15) is 11.7 Å². The molecule has 0 saturated heterocycles. The second kappa shape index (κ2) is 4.61. The fourth-order valence-electron chi connectivity index (χ4n) is 1.09. The largest absolute Gasteiger partial charge is 0.354 e. The molecule has 0 aromatic carbocycles. The third-order valence-corrected chi connectivity index (χ3v) is 2.29. The van der Waals surface area contributed by atoms with E-state index in [-0.39, 0.29) is 17.2 Å². The molecule has 0 saturated carbocycles. The van der Waals surface area contributed by atoms with Gasteiger partial charge in [0.2, 0.25) is 5.91 Å². The molecule has 84 valence electrons. The number of alkyl halides is 1. The first-order valence-electron chi connectivity index (χ1n) is 4.68. The molecule has 0 spiro atoms. The van der Waals surface area contributed by atoms with Crippen LogP contribution in [0.25, 0.3) is 0 Å². The molecule has 1 aromatic rings. The van der Waals surface area contributed by atoms with Crippen molar-refractivity contribution < 1.29 is 4.79 Å². The van der Waals surface area contributed by atoms with Gasteiger partial charge in [-0.3, -0.25) is 9.89 Å². The number of nitrogens with zero attached hydrogens (tertiary/aromatic N) is 2. The van der Waals surface area contributed by atoms with Crippen molar-refractivity contribution in [1.82, 2.24) is 20.5 Å². The quantitative estimate of drug-likeness (QED) is 0.750. The molecule has 5 nitrogen and oxygen atoms in total. The smallest absolute Gasteiger partial charge is 0.234 e. The summed E-state index contributed by atoms with van der Waals surface area (Å²) in [6, 6.07) is 0. The van der Waals surface area contributed by atoms with Crippen LogP contribution in [0.5, 0.6) is 0 Å². The lowest BCUT2D eigenvalue weighted by Crippen LogP contribution is -2.38. The Labute approximate surface area is 93.6 Å². The maximum Gasteiger partial charge on any atom is 0.234 e. The lowest BCUT2D eigenvalue weighted by atomic mass is 9.92. The van der Waals surface area contributed by atoms with Crippen molar-refractivity contribution in [2.45, 2.75) is 26.2 Å². The zero-order valence-electron chi connectivity index (χ0n) is 9.09. The number of hydrogen-bond acceptors (Lipinski definition) is 3. The van der Waals surface area contributed by atoms with Crippen LogP contribution in [-0.4, -0.2) is 33.5 Å². The van der Waals surface area contributed by atoms with E-state index < -0.39 is 0 Å². The molecule has 0 unspecified atom stereocenters. The number of hydrogen-bond donors (Lipinski definition) is 2. The number of aromatic nitrogens is 3. The Balaban J connectivity index is 2.63. The molecule has 0 fully saturated rings. The second-order valence-corrected chi connectivity index (χ2v) is 4.31.